The van der Waals surface area contributed by atoms with Crippen molar-refractivity contribution in [2.75, 3.05) is 6.61 Å². The van der Waals surface area contributed by atoms with E-state index in [1.165, 1.54) is 5.56 Å². The largest absolute Gasteiger partial charge is 0.508 e. The average Bonchev–Trinajstić information content (AvgIpc) is 2.74. The first-order valence-corrected chi connectivity index (χ1v) is 5.89. The van der Waals surface area contributed by atoms with E-state index in [0.717, 1.165) is 32.3 Å². The van der Waals surface area contributed by atoms with Gasteiger partial charge in [-0.25, -0.2) is 0 Å². The molecule has 2 atom stereocenters. The van der Waals surface area contributed by atoms with Crippen LogP contribution in [0, 0.1) is 0 Å². The Hall–Kier alpha value is -1.06. The summed E-state index contributed by atoms with van der Waals surface area (Å²) in [6, 6.07) is 7.39. The topological polar surface area (TPSA) is 55.5 Å². The van der Waals surface area contributed by atoms with Crippen LogP contribution in [-0.2, 0) is 11.2 Å². The Morgan fingerprint density at radius 2 is 2.12 bits per heavy atom. The number of nitrogens with two attached hydrogens (primary N) is 1. The van der Waals surface area contributed by atoms with Crippen LogP contribution in [-0.4, -0.2) is 23.9 Å². The molecule has 0 aliphatic carbocycles. The lowest BCUT2D eigenvalue weighted by molar-refractivity contribution is 0.0983. The molecule has 16 heavy (non-hydrogen) atoms. The molecule has 0 saturated carbocycles. The molecule has 1 aliphatic rings. The third kappa shape index (κ3) is 3.22. The number of phenolic OH excluding ortho intramolecular Hbond substituents is 1. The molecular formula is C13H19NO2. The van der Waals surface area contributed by atoms with Crippen LogP contribution in [0.25, 0.3) is 0 Å². The maximum Gasteiger partial charge on any atom is 0.115 e. The van der Waals surface area contributed by atoms with Crippen LogP contribution in [0.15, 0.2) is 24.3 Å². The number of benzene rings is 1. The minimum absolute atomic E-state index is 0.146. The first kappa shape index (κ1) is 11.4. The average molecular weight is 221 g/mol. The predicted octanol–water partition coefficient (Wildman–Crippen LogP) is 1.83. The summed E-state index contributed by atoms with van der Waals surface area (Å²) < 4.78 is 5.56. The highest BCUT2D eigenvalue weighted by atomic mass is 16.5. The molecule has 0 aromatic heterocycles. The Kier molecular flexibility index (Phi) is 3.80. The van der Waals surface area contributed by atoms with E-state index >= 15 is 0 Å². The predicted molar refractivity (Wildman–Crippen MR) is 63.4 cm³/mol. The molecule has 0 amide bonds. The fourth-order valence-electron chi connectivity index (χ4n) is 2.19. The lowest BCUT2D eigenvalue weighted by atomic mass is 10.0. The molecule has 3 nitrogen and oxygen atoms in total. The van der Waals surface area contributed by atoms with E-state index in [0.29, 0.717) is 11.9 Å². The molecule has 1 aliphatic heterocycles. The van der Waals surface area contributed by atoms with Crippen molar-refractivity contribution in [2.24, 2.45) is 5.73 Å². The fourth-order valence-corrected chi connectivity index (χ4v) is 2.19. The quantitative estimate of drug-likeness (QED) is 0.815. The Labute approximate surface area is 96.2 Å². The number of hydrogen-bond acceptors (Lipinski definition) is 3. The lowest BCUT2D eigenvalue weighted by Crippen LogP contribution is -2.28. The molecule has 0 radical (unpaired) electrons. The lowest BCUT2D eigenvalue weighted by Gasteiger charge is -2.16. The van der Waals surface area contributed by atoms with Gasteiger partial charge in [0.05, 0.1) is 6.10 Å². The van der Waals surface area contributed by atoms with Gasteiger partial charge in [0.1, 0.15) is 5.75 Å². The zero-order valence-electron chi connectivity index (χ0n) is 9.43. The molecule has 1 fully saturated rings. The minimum Gasteiger partial charge on any atom is -0.508 e. The van der Waals surface area contributed by atoms with Gasteiger partial charge >= 0.3 is 0 Å². The van der Waals surface area contributed by atoms with Gasteiger partial charge in [-0.15, -0.1) is 0 Å². The summed E-state index contributed by atoms with van der Waals surface area (Å²) in [5.41, 5.74) is 7.25. The van der Waals surface area contributed by atoms with Gasteiger partial charge < -0.3 is 15.6 Å². The third-order valence-corrected chi connectivity index (χ3v) is 3.02. The third-order valence-electron chi connectivity index (χ3n) is 3.02. The van der Waals surface area contributed by atoms with Gasteiger partial charge in [-0.05, 0) is 43.4 Å². The molecule has 3 N–H and O–H groups in total. The molecule has 0 spiro atoms. The van der Waals surface area contributed by atoms with Crippen LogP contribution in [0.2, 0.25) is 0 Å². The fraction of sp³-hybridized carbons (Fsp3) is 0.538. The zero-order valence-corrected chi connectivity index (χ0v) is 9.43. The molecule has 0 bridgehead atoms. The number of phenols is 1. The number of aromatic hydroxyl groups is 1. The van der Waals surface area contributed by atoms with E-state index in [1.807, 2.05) is 12.1 Å². The summed E-state index contributed by atoms with van der Waals surface area (Å²) in [5, 5.41) is 9.17. The molecule has 3 heteroatoms. The second kappa shape index (κ2) is 5.32. The van der Waals surface area contributed by atoms with Crippen LogP contribution in [0.3, 0.4) is 0 Å². The van der Waals surface area contributed by atoms with Crippen molar-refractivity contribution in [3.05, 3.63) is 29.8 Å². The highest BCUT2D eigenvalue weighted by Crippen LogP contribution is 2.18. The number of ether oxygens (including phenoxy) is 1. The second-order valence-electron chi connectivity index (χ2n) is 4.50. The van der Waals surface area contributed by atoms with E-state index in [-0.39, 0.29) is 6.04 Å². The van der Waals surface area contributed by atoms with Gasteiger partial charge in [-0.3, -0.25) is 0 Å². The van der Waals surface area contributed by atoms with Crippen LogP contribution in [0.1, 0.15) is 24.8 Å². The Morgan fingerprint density at radius 3 is 2.75 bits per heavy atom. The second-order valence-corrected chi connectivity index (χ2v) is 4.50. The van der Waals surface area contributed by atoms with Gasteiger partial charge in [0, 0.05) is 12.6 Å². The first-order valence-electron chi connectivity index (χ1n) is 5.89. The van der Waals surface area contributed by atoms with Crippen molar-refractivity contribution >= 4 is 0 Å². The van der Waals surface area contributed by atoms with Gasteiger partial charge in [-0.2, -0.15) is 0 Å². The molecule has 1 aromatic rings. The summed E-state index contributed by atoms with van der Waals surface area (Å²) >= 11 is 0. The van der Waals surface area contributed by atoms with Crippen LogP contribution in [0.5, 0.6) is 5.75 Å². The first-order chi connectivity index (χ1) is 7.74. The molecule has 2 rings (SSSR count). The molecule has 1 aromatic carbocycles. The summed E-state index contributed by atoms with van der Waals surface area (Å²) in [6.45, 7) is 0.886. The van der Waals surface area contributed by atoms with E-state index in [9.17, 15) is 0 Å². The van der Waals surface area contributed by atoms with Crippen molar-refractivity contribution < 1.29 is 9.84 Å². The van der Waals surface area contributed by atoms with Crippen molar-refractivity contribution in [3.8, 4) is 5.75 Å². The monoisotopic (exact) mass is 221 g/mol. The maximum absolute atomic E-state index is 9.17. The Bertz CT molecular complexity index is 317. The summed E-state index contributed by atoms with van der Waals surface area (Å²) in [4.78, 5) is 0. The summed E-state index contributed by atoms with van der Waals surface area (Å²) in [7, 11) is 0. The SMILES string of the molecule is NC(Cc1ccc(O)cc1)CC1CCCO1. The highest BCUT2D eigenvalue weighted by Gasteiger charge is 2.18. The Morgan fingerprint density at radius 1 is 1.38 bits per heavy atom. The molecular weight excluding hydrogens is 202 g/mol. The minimum atomic E-state index is 0.146. The van der Waals surface area contributed by atoms with Crippen LogP contribution >= 0.6 is 0 Å². The van der Waals surface area contributed by atoms with Crippen molar-refractivity contribution in [2.45, 2.75) is 37.8 Å². The summed E-state index contributed by atoms with van der Waals surface area (Å²) in [5.74, 6) is 0.302. The smallest absolute Gasteiger partial charge is 0.115 e. The van der Waals surface area contributed by atoms with E-state index in [2.05, 4.69) is 0 Å². The van der Waals surface area contributed by atoms with Crippen molar-refractivity contribution in [3.63, 3.8) is 0 Å². The van der Waals surface area contributed by atoms with Gasteiger partial charge in [-0.1, -0.05) is 12.1 Å². The zero-order chi connectivity index (χ0) is 11.4. The van der Waals surface area contributed by atoms with Crippen molar-refractivity contribution in [1.82, 2.24) is 0 Å². The Balaban J connectivity index is 1.81. The number of hydrogen-bond donors (Lipinski definition) is 2. The van der Waals surface area contributed by atoms with Crippen LogP contribution < -0.4 is 5.73 Å². The van der Waals surface area contributed by atoms with Gasteiger partial charge in [0.15, 0.2) is 0 Å². The molecule has 1 saturated heterocycles. The highest BCUT2D eigenvalue weighted by molar-refractivity contribution is 5.26. The van der Waals surface area contributed by atoms with Gasteiger partial charge in [0.25, 0.3) is 0 Å². The van der Waals surface area contributed by atoms with E-state index in [4.69, 9.17) is 15.6 Å². The van der Waals surface area contributed by atoms with E-state index in [1.54, 1.807) is 12.1 Å². The maximum atomic E-state index is 9.17. The summed E-state index contributed by atoms with van der Waals surface area (Å²) in [6.07, 6.45) is 4.44. The molecule has 88 valence electrons. The van der Waals surface area contributed by atoms with Gasteiger partial charge in [0.2, 0.25) is 0 Å². The standard InChI is InChI=1S/C13H19NO2/c14-11(9-13-2-1-7-16-13)8-10-3-5-12(15)6-4-10/h3-6,11,13,15H,1-2,7-9,14H2. The van der Waals surface area contributed by atoms with E-state index < -0.39 is 0 Å². The molecule has 1 heterocycles. The number of rotatable bonds is 4. The van der Waals surface area contributed by atoms with Crippen LogP contribution in [0.4, 0.5) is 0 Å². The molecule has 2 unspecified atom stereocenters. The van der Waals surface area contributed by atoms with Crippen molar-refractivity contribution in [1.29, 1.82) is 0 Å². The normalized spacial score (nSPS) is 22.2.